The first-order valence-electron chi connectivity index (χ1n) is 4.39. The molecule has 0 aliphatic heterocycles. The molecular formula is C11H8O4. The molecule has 0 atom stereocenters. The van der Waals surface area contributed by atoms with Gasteiger partial charge in [-0.25, -0.2) is 0 Å². The molecular weight excluding hydrogens is 196 g/mol. The zero-order valence-corrected chi connectivity index (χ0v) is 7.77. The molecule has 15 heavy (non-hydrogen) atoms. The predicted octanol–water partition coefficient (Wildman–Crippen LogP) is 1.42. The van der Waals surface area contributed by atoms with Crippen molar-refractivity contribution in [3.05, 3.63) is 46.3 Å². The molecule has 0 saturated heterocycles. The highest BCUT2D eigenvalue weighted by Crippen LogP contribution is 2.15. The quantitative estimate of drug-likeness (QED) is 0.803. The van der Waals surface area contributed by atoms with E-state index in [4.69, 9.17) is 9.52 Å². The summed E-state index contributed by atoms with van der Waals surface area (Å²) in [5.41, 5.74) is 0.702. The third kappa shape index (κ3) is 1.74. The van der Waals surface area contributed by atoms with Gasteiger partial charge in [-0.05, 0) is 6.07 Å². The lowest BCUT2D eigenvalue weighted by atomic mass is 10.1. The van der Waals surface area contributed by atoms with Crippen LogP contribution in [0.5, 0.6) is 0 Å². The van der Waals surface area contributed by atoms with E-state index < -0.39 is 5.97 Å². The summed E-state index contributed by atoms with van der Waals surface area (Å²) in [6.07, 6.45) is 1.13. The van der Waals surface area contributed by atoms with Crippen LogP contribution in [0.4, 0.5) is 0 Å². The number of benzene rings is 1. The van der Waals surface area contributed by atoms with Crippen LogP contribution in [0.25, 0.3) is 11.0 Å². The molecule has 1 N–H and O–H groups in total. The third-order valence-electron chi connectivity index (χ3n) is 2.11. The fourth-order valence-corrected chi connectivity index (χ4v) is 1.47. The van der Waals surface area contributed by atoms with Crippen molar-refractivity contribution in [2.24, 2.45) is 0 Å². The Bertz CT molecular complexity index is 568. The molecule has 1 aromatic carbocycles. The number of rotatable bonds is 2. The topological polar surface area (TPSA) is 67.5 Å². The number of hydrogen-bond donors (Lipinski definition) is 1. The lowest BCUT2D eigenvalue weighted by Gasteiger charge is -2.01. The highest BCUT2D eigenvalue weighted by atomic mass is 16.4. The standard InChI is InChI=1S/C11H8O4/c12-9-4-5-15-11-7(6-10(13)14)2-1-3-8(9)11/h1-5H,6H2,(H,13,14). The van der Waals surface area contributed by atoms with E-state index in [0.29, 0.717) is 16.5 Å². The monoisotopic (exact) mass is 204 g/mol. The van der Waals surface area contributed by atoms with Crippen molar-refractivity contribution in [2.45, 2.75) is 6.42 Å². The largest absolute Gasteiger partial charge is 0.481 e. The zero-order chi connectivity index (χ0) is 10.8. The van der Waals surface area contributed by atoms with Crippen LogP contribution in [-0.4, -0.2) is 11.1 Å². The van der Waals surface area contributed by atoms with Gasteiger partial charge in [-0.15, -0.1) is 0 Å². The minimum Gasteiger partial charge on any atom is -0.481 e. The Morgan fingerprint density at radius 3 is 2.87 bits per heavy atom. The van der Waals surface area contributed by atoms with Gasteiger partial charge in [0.05, 0.1) is 18.1 Å². The van der Waals surface area contributed by atoms with Crippen LogP contribution in [0.3, 0.4) is 0 Å². The maximum atomic E-state index is 11.4. The molecule has 1 aromatic heterocycles. The summed E-state index contributed by atoms with van der Waals surface area (Å²) in [6.45, 7) is 0. The Hall–Kier alpha value is -2.10. The van der Waals surface area contributed by atoms with E-state index in [9.17, 15) is 9.59 Å². The number of carboxylic acids is 1. The van der Waals surface area contributed by atoms with Gasteiger partial charge in [0, 0.05) is 11.6 Å². The number of hydrogen-bond acceptors (Lipinski definition) is 3. The van der Waals surface area contributed by atoms with Crippen LogP contribution in [0.1, 0.15) is 5.56 Å². The molecule has 2 aromatic rings. The molecule has 0 radical (unpaired) electrons. The third-order valence-corrected chi connectivity index (χ3v) is 2.11. The van der Waals surface area contributed by atoms with E-state index in [2.05, 4.69) is 0 Å². The van der Waals surface area contributed by atoms with E-state index in [1.54, 1.807) is 18.2 Å². The Morgan fingerprint density at radius 2 is 2.13 bits per heavy atom. The first-order chi connectivity index (χ1) is 7.18. The number of carbonyl (C=O) groups is 1. The molecule has 0 amide bonds. The summed E-state index contributed by atoms with van der Waals surface area (Å²) in [4.78, 5) is 22.0. The normalized spacial score (nSPS) is 10.4. The number of aliphatic carboxylic acids is 1. The molecule has 1 heterocycles. The lowest BCUT2D eigenvalue weighted by molar-refractivity contribution is -0.136. The van der Waals surface area contributed by atoms with Gasteiger partial charge in [0.25, 0.3) is 0 Å². The Kier molecular flexibility index (Phi) is 2.25. The molecule has 0 spiro atoms. The summed E-state index contributed by atoms with van der Waals surface area (Å²) in [5, 5.41) is 9.09. The highest BCUT2D eigenvalue weighted by Gasteiger charge is 2.08. The molecule has 0 saturated carbocycles. The van der Waals surface area contributed by atoms with Crippen molar-refractivity contribution in [1.29, 1.82) is 0 Å². The average molecular weight is 204 g/mol. The van der Waals surface area contributed by atoms with Crippen LogP contribution < -0.4 is 5.43 Å². The molecule has 0 aliphatic rings. The molecule has 4 heteroatoms. The average Bonchev–Trinajstić information content (AvgIpc) is 2.19. The summed E-state index contributed by atoms with van der Waals surface area (Å²) in [5.74, 6) is -0.950. The second-order valence-corrected chi connectivity index (χ2v) is 3.15. The fourth-order valence-electron chi connectivity index (χ4n) is 1.47. The maximum Gasteiger partial charge on any atom is 0.307 e. The van der Waals surface area contributed by atoms with Gasteiger partial charge >= 0.3 is 5.97 Å². The van der Waals surface area contributed by atoms with Crippen LogP contribution in [0.2, 0.25) is 0 Å². The van der Waals surface area contributed by atoms with Crippen LogP contribution >= 0.6 is 0 Å². The van der Waals surface area contributed by atoms with Gasteiger partial charge in [0.1, 0.15) is 5.58 Å². The van der Waals surface area contributed by atoms with Crippen LogP contribution in [0.15, 0.2) is 39.7 Å². The first kappa shape index (κ1) is 9.45. The van der Waals surface area contributed by atoms with Gasteiger partial charge in [0.2, 0.25) is 0 Å². The molecule has 0 unspecified atom stereocenters. The second kappa shape index (κ2) is 3.57. The van der Waals surface area contributed by atoms with Gasteiger partial charge < -0.3 is 9.52 Å². The summed E-state index contributed by atoms with van der Waals surface area (Å²) in [6, 6.07) is 6.22. The predicted molar refractivity (Wildman–Crippen MR) is 53.8 cm³/mol. The van der Waals surface area contributed by atoms with E-state index >= 15 is 0 Å². The highest BCUT2D eigenvalue weighted by molar-refractivity contribution is 5.83. The Balaban J connectivity index is 2.71. The fraction of sp³-hybridized carbons (Fsp3) is 0.0909. The molecule has 4 nitrogen and oxygen atoms in total. The summed E-state index contributed by atoms with van der Waals surface area (Å²) in [7, 11) is 0. The van der Waals surface area contributed by atoms with Crippen LogP contribution in [-0.2, 0) is 11.2 Å². The van der Waals surface area contributed by atoms with Crippen molar-refractivity contribution in [3.63, 3.8) is 0 Å². The van der Waals surface area contributed by atoms with Crippen molar-refractivity contribution in [2.75, 3.05) is 0 Å². The number of para-hydroxylation sites is 1. The van der Waals surface area contributed by atoms with Crippen molar-refractivity contribution < 1.29 is 14.3 Å². The molecule has 0 bridgehead atoms. The van der Waals surface area contributed by atoms with Gasteiger partial charge in [0.15, 0.2) is 5.43 Å². The molecule has 0 fully saturated rings. The lowest BCUT2D eigenvalue weighted by Crippen LogP contribution is -2.04. The van der Waals surface area contributed by atoms with Crippen molar-refractivity contribution in [3.8, 4) is 0 Å². The van der Waals surface area contributed by atoms with E-state index in [-0.39, 0.29) is 11.8 Å². The SMILES string of the molecule is O=C(O)Cc1cccc2c(=O)ccoc12. The minimum atomic E-state index is -0.950. The zero-order valence-electron chi connectivity index (χ0n) is 7.77. The van der Waals surface area contributed by atoms with E-state index in [1.165, 1.54) is 12.3 Å². The van der Waals surface area contributed by atoms with E-state index in [1.807, 2.05) is 0 Å². The molecule has 76 valence electrons. The van der Waals surface area contributed by atoms with Gasteiger partial charge in [-0.3, -0.25) is 9.59 Å². The van der Waals surface area contributed by atoms with Gasteiger partial charge in [-0.1, -0.05) is 12.1 Å². The van der Waals surface area contributed by atoms with Crippen molar-refractivity contribution >= 4 is 16.9 Å². The summed E-state index contributed by atoms with van der Waals surface area (Å²) < 4.78 is 5.16. The van der Waals surface area contributed by atoms with E-state index in [0.717, 1.165) is 0 Å². The minimum absolute atomic E-state index is 0.149. The molecule has 2 rings (SSSR count). The number of fused-ring (bicyclic) bond motifs is 1. The summed E-state index contributed by atoms with van der Waals surface area (Å²) >= 11 is 0. The Morgan fingerprint density at radius 1 is 1.33 bits per heavy atom. The first-order valence-corrected chi connectivity index (χ1v) is 4.39. The Labute approximate surface area is 84.8 Å². The second-order valence-electron chi connectivity index (χ2n) is 3.15. The number of carboxylic acid groups (broad SMARTS) is 1. The smallest absolute Gasteiger partial charge is 0.307 e. The van der Waals surface area contributed by atoms with Crippen molar-refractivity contribution in [1.82, 2.24) is 0 Å². The van der Waals surface area contributed by atoms with Gasteiger partial charge in [-0.2, -0.15) is 0 Å². The van der Waals surface area contributed by atoms with Crippen LogP contribution in [0, 0.1) is 0 Å². The molecule has 0 aliphatic carbocycles. The maximum absolute atomic E-state index is 11.4.